The zero-order valence-electron chi connectivity index (χ0n) is 12.8. The Kier molecular flexibility index (Phi) is 5.83. The van der Waals surface area contributed by atoms with E-state index in [0.717, 1.165) is 12.8 Å². The van der Waals surface area contributed by atoms with Crippen molar-refractivity contribution in [2.45, 2.75) is 31.7 Å². The van der Waals surface area contributed by atoms with E-state index in [9.17, 15) is 4.79 Å². The van der Waals surface area contributed by atoms with Crippen molar-refractivity contribution >= 4 is 23.2 Å². The summed E-state index contributed by atoms with van der Waals surface area (Å²) in [5.74, 6) is 0.781. The van der Waals surface area contributed by atoms with E-state index in [1.165, 1.54) is 20.0 Å². The standard InChI is InChI=1S/C15H21N3O3S/c1-20-12-8-7-10(9-13(12)21-2)14(19)17-18-15(22)16-11-5-3-4-6-11/h7-9,11H,3-6H2,1-2H3,(H,17,19)(H2,16,18,22). The number of benzene rings is 1. The maximum Gasteiger partial charge on any atom is 0.269 e. The van der Waals surface area contributed by atoms with Gasteiger partial charge >= 0.3 is 0 Å². The molecule has 1 amide bonds. The number of amides is 1. The minimum absolute atomic E-state index is 0.295. The van der Waals surface area contributed by atoms with Gasteiger partial charge in [0.25, 0.3) is 5.91 Å². The second kappa shape index (κ2) is 7.84. The number of ether oxygens (including phenoxy) is 2. The van der Waals surface area contributed by atoms with Crippen LogP contribution in [-0.2, 0) is 0 Å². The van der Waals surface area contributed by atoms with Gasteiger partial charge in [-0.3, -0.25) is 15.6 Å². The Morgan fingerprint density at radius 3 is 2.45 bits per heavy atom. The molecule has 1 saturated carbocycles. The van der Waals surface area contributed by atoms with Gasteiger partial charge in [0.2, 0.25) is 0 Å². The summed E-state index contributed by atoms with van der Waals surface area (Å²) < 4.78 is 10.3. The highest BCUT2D eigenvalue weighted by Gasteiger charge is 2.16. The van der Waals surface area contributed by atoms with E-state index in [0.29, 0.717) is 28.2 Å². The van der Waals surface area contributed by atoms with Crippen LogP contribution in [0.25, 0.3) is 0 Å². The van der Waals surface area contributed by atoms with Gasteiger partial charge in [-0.15, -0.1) is 0 Å². The summed E-state index contributed by atoms with van der Waals surface area (Å²) in [5.41, 5.74) is 5.75. The smallest absolute Gasteiger partial charge is 0.269 e. The Morgan fingerprint density at radius 1 is 1.14 bits per heavy atom. The zero-order chi connectivity index (χ0) is 15.9. The highest BCUT2D eigenvalue weighted by atomic mass is 32.1. The highest BCUT2D eigenvalue weighted by molar-refractivity contribution is 7.80. The molecule has 0 atom stereocenters. The van der Waals surface area contributed by atoms with Crippen molar-refractivity contribution in [3.05, 3.63) is 23.8 Å². The van der Waals surface area contributed by atoms with Crippen LogP contribution >= 0.6 is 12.2 Å². The van der Waals surface area contributed by atoms with Gasteiger partial charge in [-0.1, -0.05) is 12.8 Å². The first-order valence-corrected chi connectivity index (χ1v) is 7.63. The molecule has 120 valence electrons. The molecule has 1 fully saturated rings. The van der Waals surface area contributed by atoms with E-state index >= 15 is 0 Å². The molecule has 7 heteroatoms. The Bertz CT molecular complexity index is 545. The van der Waals surface area contributed by atoms with Crippen LogP contribution in [0.4, 0.5) is 0 Å². The third kappa shape index (κ3) is 4.24. The molecular weight excluding hydrogens is 302 g/mol. The summed E-state index contributed by atoms with van der Waals surface area (Å²) in [4.78, 5) is 12.1. The van der Waals surface area contributed by atoms with E-state index in [-0.39, 0.29) is 5.91 Å². The third-order valence-electron chi connectivity index (χ3n) is 3.63. The summed E-state index contributed by atoms with van der Waals surface area (Å²) in [7, 11) is 3.07. The van der Waals surface area contributed by atoms with Crippen LogP contribution in [0.15, 0.2) is 18.2 Å². The van der Waals surface area contributed by atoms with Crippen LogP contribution in [0.5, 0.6) is 11.5 Å². The number of hydrogen-bond donors (Lipinski definition) is 3. The Balaban J connectivity index is 1.87. The first kappa shape index (κ1) is 16.4. The first-order valence-electron chi connectivity index (χ1n) is 7.23. The molecule has 0 heterocycles. The fraction of sp³-hybridized carbons (Fsp3) is 0.467. The van der Waals surface area contributed by atoms with Crippen LogP contribution in [-0.4, -0.2) is 31.3 Å². The fourth-order valence-corrected chi connectivity index (χ4v) is 2.67. The summed E-state index contributed by atoms with van der Waals surface area (Å²) >= 11 is 5.17. The maximum atomic E-state index is 12.1. The van der Waals surface area contributed by atoms with E-state index in [1.54, 1.807) is 25.3 Å². The Morgan fingerprint density at radius 2 is 1.82 bits per heavy atom. The van der Waals surface area contributed by atoms with E-state index in [2.05, 4.69) is 16.2 Å². The van der Waals surface area contributed by atoms with Gasteiger partial charge in [-0.25, -0.2) is 0 Å². The zero-order valence-corrected chi connectivity index (χ0v) is 13.6. The predicted molar refractivity (Wildman–Crippen MR) is 88.1 cm³/mol. The van der Waals surface area contributed by atoms with Crippen LogP contribution in [0.1, 0.15) is 36.0 Å². The minimum atomic E-state index is -0.295. The van der Waals surface area contributed by atoms with Crippen LogP contribution < -0.4 is 25.6 Å². The quantitative estimate of drug-likeness (QED) is 0.579. The topological polar surface area (TPSA) is 71.6 Å². The van der Waals surface area contributed by atoms with Crippen molar-refractivity contribution in [2.75, 3.05) is 14.2 Å². The van der Waals surface area contributed by atoms with E-state index in [1.807, 2.05) is 0 Å². The number of thiocarbonyl (C=S) groups is 1. The minimum Gasteiger partial charge on any atom is -0.493 e. The molecule has 0 bridgehead atoms. The molecule has 0 radical (unpaired) electrons. The van der Waals surface area contributed by atoms with Crippen LogP contribution in [0, 0.1) is 0 Å². The van der Waals surface area contributed by atoms with Gasteiger partial charge in [0, 0.05) is 11.6 Å². The lowest BCUT2D eigenvalue weighted by molar-refractivity contribution is 0.0943. The molecule has 1 aliphatic rings. The van der Waals surface area contributed by atoms with Gasteiger partial charge in [0.05, 0.1) is 14.2 Å². The summed E-state index contributed by atoms with van der Waals surface area (Å²) in [6.45, 7) is 0. The SMILES string of the molecule is COc1ccc(C(=O)NNC(=S)NC2CCCC2)cc1OC. The van der Waals surface area contributed by atoms with Crippen LogP contribution in [0.2, 0.25) is 0 Å². The molecule has 1 aliphatic carbocycles. The van der Waals surface area contributed by atoms with Crippen molar-refractivity contribution in [3.8, 4) is 11.5 Å². The number of rotatable bonds is 4. The molecule has 0 aliphatic heterocycles. The molecule has 1 aromatic carbocycles. The summed E-state index contributed by atoms with van der Waals surface area (Å²) in [5, 5.41) is 3.62. The maximum absolute atomic E-state index is 12.1. The molecule has 6 nitrogen and oxygen atoms in total. The average Bonchev–Trinajstić information content (AvgIpc) is 3.04. The Labute approximate surface area is 135 Å². The molecule has 3 N–H and O–H groups in total. The molecule has 22 heavy (non-hydrogen) atoms. The number of carbonyl (C=O) groups is 1. The van der Waals surface area contributed by atoms with Gasteiger partial charge in [0.1, 0.15) is 0 Å². The Hall–Kier alpha value is -2.02. The first-order chi connectivity index (χ1) is 10.6. The molecule has 0 saturated heterocycles. The lowest BCUT2D eigenvalue weighted by Gasteiger charge is -2.16. The second-order valence-corrected chi connectivity index (χ2v) is 5.51. The monoisotopic (exact) mass is 323 g/mol. The molecule has 0 unspecified atom stereocenters. The second-order valence-electron chi connectivity index (χ2n) is 5.10. The fourth-order valence-electron chi connectivity index (χ4n) is 2.45. The molecule has 0 aromatic heterocycles. The average molecular weight is 323 g/mol. The van der Waals surface area contributed by atoms with Crippen LogP contribution in [0.3, 0.4) is 0 Å². The number of hydrogen-bond acceptors (Lipinski definition) is 4. The van der Waals surface area contributed by atoms with Crippen molar-refractivity contribution in [1.29, 1.82) is 0 Å². The summed E-state index contributed by atoms with van der Waals surface area (Å²) in [6, 6.07) is 5.36. The molecule has 0 spiro atoms. The van der Waals surface area contributed by atoms with E-state index in [4.69, 9.17) is 21.7 Å². The van der Waals surface area contributed by atoms with Crippen molar-refractivity contribution < 1.29 is 14.3 Å². The third-order valence-corrected chi connectivity index (χ3v) is 3.85. The van der Waals surface area contributed by atoms with Crippen molar-refractivity contribution in [3.63, 3.8) is 0 Å². The lowest BCUT2D eigenvalue weighted by atomic mass is 10.2. The normalized spacial score (nSPS) is 14.3. The predicted octanol–water partition coefficient (Wildman–Crippen LogP) is 1.76. The number of hydrazine groups is 1. The molecule has 2 rings (SSSR count). The summed E-state index contributed by atoms with van der Waals surface area (Å²) in [6.07, 6.45) is 4.67. The van der Waals surface area contributed by atoms with Gasteiger partial charge in [-0.2, -0.15) is 0 Å². The highest BCUT2D eigenvalue weighted by Crippen LogP contribution is 2.27. The van der Waals surface area contributed by atoms with Gasteiger partial charge in [-0.05, 0) is 43.3 Å². The number of carbonyl (C=O) groups excluding carboxylic acids is 1. The number of methoxy groups -OCH3 is 2. The van der Waals surface area contributed by atoms with Gasteiger partial charge < -0.3 is 14.8 Å². The van der Waals surface area contributed by atoms with E-state index < -0.39 is 0 Å². The van der Waals surface area contributed by atoms with Crippen molar-refractivity contribution in [1.82, 2.24) is 16.2 Å². The largest absolute Gasteiger partial charge is 0.493 e. The molecule has 1 aromatic rings. The molecular formula is C15H21N3O3S. The van der Waals surface area contributed by atoms with Crippen molar-refractivity contribution in [2.24, 2.45) is 0 Å². The lowest BCUT2D eigenvalue weighted by Crippen LogP contribution is -2.49. The number of nitrogens with one attached hydrogen (secondary N) is 3. The van der Waals surface area contributed by atoms with Gasteiger partial charge in [0.15, 0.2) is 16.6 Å².